The van der Waals surface area contributed by atoms with Crippen molar-refractivity contribution in [2.45, 2.75) is 13.0 Å². The molecule has 23 heavy (non-hydrogen) atoms. The largest absolute Gasteiger partial charge is 0.455 e. The van der Waals surface area contributed by atoms with Crippen molar-refractivity contribution in [3.63, 3.8) is 0 Å². The van der Waals surface area contributed by atoms with Crippen molar-refractivity contribution >= 4 is 17.7 Å². The molecule has 0 spiro atoms. The maximum Gasteiger partial charge on any atom is 0.331 e. The van der Waals surface area contributed by atoms with Gasteiger partial charge in [0.25, 0.3) is 5.69 Å². The first kappa shape index (κ1) is 16.4. The number of nitro groups is 1. The highest BCUT2D eigenvalue weighted by molar-refractivity contribution is 5.88. The van der Waals surface area contributed by atoms with E-state index in [2.05, 4.69) is 0 Å². The number of hydrogen-bond acceptors (Lipinski definition) is 4. The summed E-state index contributed by atoms with van der Waals surface area (Å²) in [7, 11) is 0. The second-order valence-electron chi connectivity index (χ2n) is 4.78. The lowest BCUT2D eigenvalue weighted by atomic mass is 10.1. The SMILES string of the molecule is CC(OC(=O)/C=C/c1ccccc1[N+](=O)[O-])c1ccc(F)cc1. The van der Waals surface area contributed by atoms with Crippen LogP contribution >= 0.6 is 0 Å². The summed E-state index contributed by atoms with van der Waals surface area (Å²) in [6.07, 6.45) is 1.90. The quantitative estimate of drug-likeness (QED) is 0.361. The standard InChI is InChI=1S/C17H14FNO4/c1-12(13-6-9-15(18)10-7-13)23-17(20)11-8-14-4-2-3-5-16(14)19(21)22/h2-12H,1H3/b11-8+. The van der Waals surface area contributed by atoms with E-state index in [0.717, 1.165) is 6.08 Å². The molecule has 5 nitrogen and oxygen atoms in total. The van der Waals surface area contributed by atoms with E-state index in [1.165, 1.54) is 42.5 Å². The number of halogens is 1. The Morgan fingerprint density at radius 3 is 2.52 bits per heavy atom. The van der Waals surface area contributed by atoms with Crippen LogP contribution in [0.2, 0.25) is 0 Å². The molecule has 0 heterocycles. The van der Waals surface area contributed by atoms with Gasteiger partial charge < -0.3 is 4.74 Å². The van der Waals surface area contributed by atoms with Gasteiger partial charge in [0.2, 0.25) is 0 Å². The highest BCUT2D eigenvalue weighted by atomic mass is 19.1. The summed E-state index contributed by atoms with van der Waals surface area (Å²) >= 11 is 0. The van der Waals surface area contributed by atoms with Crippen molar-refractivity contribution in [3.8, 4) is 0 Å². The molecule has 0 aromatic heterocycles. The zero-order valence-corrected chi connectivity index (χ0v) is 12.3. The number of nitrogens with zero attached hydrogens (tertiary/aromatic N) is 1. The molecule has 1 atom stereocenters. The number of rotatable bonds is 5. The molecule has 2 rings (SSSR count). The van der Waals surface area contributed by atoms with Gasteiger partial charge in [-0.1, -0.05) is 24.3 Å². The van der Waals surface area contributed by atoms with E-state index in [1.807, 2.05) is 0 Å². The van der Waals surface area contributed by atoms with Crippen molar-refractivity contribution in [3.05, 3.63) is 81.7 Å². The van der Waals surface area contributed by atoms with E-state index < -0.39 is 17.0 Å². The highest BCUT2D eigenvalue weighted by Gasteiger charge is 2.12. The van der Waals surface area contributed by atoms with Crippen molar-refractivity contribution in [1.29, 1.82) is 0 Å². The van der Waals surface area contributed by atoms with Crippen LogP contribution in [0.1, 0.15) is 24.2 Å². The average molecular weight is 315 g/mol. The number of nitro benzene ring substituents is 1. The van der Waals surface area contributed by atoms with Gasteiger partial charge in [-0.3, -0.25) is 10.1 Å². The molecule has 0 aliphatic heterocycles. The molecule has 0 saturated carbocycles. The van der Waals surface area contributed by atoms with Crippen molar-refractivity contribution in [2.24, 2.45) is 0 Å². The van der Waals surface area contributed by atoms with Crippen LogP contribution in [0.15, 0.2) is 54.6 Å². The van der Waals surface area contributed by atoms with Crippen molar-refractivity contribution in [1.82, 2.24) is 0 Å². The van der Waals surface area contributed by atoms with Crippen LogP contribution in [0.3, 0.4) is 0 Å². The second-order valence-corrected chi connectivity index (χ2v) is 4.78. The molecular weight excluding hydrogens is 301 g/mol. The van der Waals surface area contributed by atoms with Gasteiger partial charge in [0.05, 0.1) is 10.5 Å². The van der Waals surface area contributed by atoms with Crippen LogP contribution in [-0.2, 0) is 9.53 Å². The predicted molar refractivity (Wildman–Crippen MR) is 83.0 cm³/mol. The smallest absolute Gasteiger partial charge is 0.331 e. The molecular formula is C17H14FNO4. The second kappa shape index (κ2) is 7.31. The Morgan fingerprint density at radius 2 is 1.87 bits per heavy atom. The summed E-state index contributed by atoms with van der Waals surface area (Å²) in [5, 5.41) is 10.9. The minimum atomic E-state index is -0.639. The van der Waals surface area contributed by atoms with Gasteiger partial charge in [0.15, 0.2) is 0 Å². The zero-order valence-electron chi connectivity index (χ0n) is 12.3. The van der Waals surface area contributed by atoms with E-state index in [-0.39, 0.29) is 11.5 Å². The van der Waals surface area contributed by atoms with Crippen LogP contribution in [0, 0.1) is 15.9 Å². The molecule has 0 bridgehead atoms. The Morgan fingerprint density at radius 1 is 1.22 bits per heavy atom. The normalized spacial score (nSPS) is 12.1. The molecule has 0 amide bonds. The summed E-state index contributed by atoms with van der Waals surface area (Å²) in [6, 6.07) is 11.7. The van der Waals surface area contributed by atoms with Gasteiger partial charge in [-0.15, -0.1) is 0 Å². The van der Waals surface area contributed by atoms with E-state index in [4.69, 9.17) is 4.74 Å². The Bertz CT molecular complexity index is 741. The fourth-order valence-electron chi connectivity index (χ4n) is 1.97. The summed E-state index contributed by atoms with van der Waals surface area (Å²) in [5.41, 5.74) is 0.867. The number of benzene rings is 2. The minimum Gasteiger partial charge on any atom is -0.455 e. The van der Waals surface area contributed by atoms with E-state index in [0.29, 0.717) is 11.1 Å². The summed E-state index contributed by atoms with van der Waals surface area (Å²) < 4.78 is 18.0. The molecule has 1 unspecified atom stereocenters. The van der Waals surface area contributed by atoms with Gasteiger partial charge in [0.1, 0.15) is 11.9 Å². The molecule has 2 aromatic rings. The fraction of sp³-hybridized carbons (Fsp3) is 0.118. The topological polar surface area (TPSA) is 69.4 Å². The first-order chi connectivity index (χ1) is 11.0. The summed E-state index contributed by atoms with van der Waals surface area (Å²) in [4.78, 5) is 22.2. The van der Waals surface area contributed by atoms with Crippen LogP contribution in [-0.4, -0.2) is 10.9 Å². The molecule has 2 aromatic carbocycles. The van der Waals surface area contributed by atoms with Crippen LogP contribution in [0.5, 0.6) is 0 Å². The third kappa shape index (κ3) is 4.47. The van der Waals surface area contributed by atoms with Gasteiger partial charge >= 0.3 is 5.97 Å². The fourth-order valence-corrected chi connectivity index (χ4v) is 1.97. The predicted octanol–water partition coefficient (Wildman–Crippen LogP) is 4.05. The summed E-state index contributed by atoms with van der Waals surface area (Å²) in [5.74, 6) is -1.01. The van der Waals surface area contributed by atoms with E-state index in [1.54, 1.807) is 19.1 Å². The lowest BCUT2D eigenvalue weighted by molar-refractivity contribution is -0.385. The Kier molecular flexibility index (Phi) is 5.19. The highest BCUT2D eigenvalue weighted by Crippen LogP contribution is 2.20. The van der Waals surface area contributed by atoms with Crippen LogP contribution in [0.4, 0.5) is 10.1 Å². The van der Waals surface area contributed by atoms with Crippen molar-refractivity contribution in [2.75, 3.05) is 0 Å². The van der Waals surface area contributed by atoms with Gasteiger partial charge in [-0.05, 0) is 36.8 Å². The molecule has 0 fully saturated rings. The molecule has 0 saturated heterocycles. The molecule has 0 aliphatic rings. The number of carbonyl (C=O) groups excluding carboxylic acids is 1. The lowest BCUT2D eigenvalue weighted by Gasteiger charge is -2.11. The first-order valence-corrected chi connectivity index (χ1v) is 6.85. The zero-order chi connectivity index (χ0) is 16.8. The van der Waals surface area contributed by atoms with Gasteiger partial charge in [0, 0.05) is 12.1 Å². The van der Waals surface area contributed by atoms with E-state index >= 15 is 0 Å². The monoisotopic (exact) mass is 315 g/mol. The number of ether oxygens (including phenoxy) is 1. The number of esters is 1. The number of carbonyl (C=O) groups is 1. The minimum absolute atomic E-state index is 0.0943. The number of para-hydroxylation sites is 1. The van der Waals surface area contributed by atoms with Crippen LogP contribution < -0.4 is 0 Å². The van der Waals surface area contributed by atoms with Gasteiger partial charge in [-0.2, -0.15) is 0 Å². The Balaban J connectivity index is 2.04. The average Bonchev–Trinajstić information content (AvgIpc) is 2.53. The van der Waals surface area contributed by atoms with E-state index in [9.17, 15) is 19.3 Å². The van der Waals surface area contributed by atoms with Crippen LogP contribution in [0.25, 0.3) is 6.08 Å². The maximum atomic E-state index is 12.9. The lowest BCUT2D eigenvalue weighted by Crippen LogP contribution is -2.06. The Hall–Kier alpha value is -3.02. The maximum absolute atomic E-state index is 12.9. The van der Waals surface area contributed by atoms with Gasteiger partial charge in [-0.25, -0.2) is 9.18 Å². The molecule has 6 heteroatoms. The molecule has 0 aliphatic carbocycles. The summed E-state index contributed by atoms with van der Waals surface area (Å²) in [6.45, 7) is 1.66. The van der Waals surface area contributed by atoms with Crippen molar-refractivity contribution < 1.29 is 18.8 Å². The molecule has 0 radical (unpaired) electrons. The molecule has 118 valence electrons. The first-order valence-electron chi connectivity index (χ1n) is 6.85. The molecule has 0 N–H and O–H groups in total. The third-order valence-electron chi connectivity index (χ3n) is 3.16. The number of hydrogen-bond donors (Lipinski definition) is 0. The third-order valence-corrected chi connectivity index (χ3v) is 3.16. The Labute approximate surface area is 132 Å².